The van der Waals surface area contributed by atoms with Crippen molar-refractivity contribution in [3.05, 3.63) is 47.7 Å². The molecule has 1 aromatic carbocycles. The van der Waals surface area contributed by atoms with Crippen LogP contribution in [0.25, 0.3) is 10.9 Å². The second-order valence-electron chi connectivity index (χ2n) is 5.88. The molecule has 0 aliphatic heterocycles. The number of carbonyl (C=O) groups excluding carboxylic acids is 1. The van der Waals surface area contributed by atoms with Crippen LogP contribution in [0.1, 0.15) is 41.8 Å². The molecular formula is C17H20N4O2. The first kappa shape index (κ1) is 15.3. The van der Waals surface area contributed by atoms with Crippen molar-refractivity contribution < 1.29 is 9.32 Å². The maximum atomic E-state index is 12.4. The molecule has 0 saturated carbocycles. The molecule has 0 fully saturated rings. The van der Waals surface area contributed by atoms with Crippen molar-refractivity contribution in [1.29, 1.82) is 0 Å². The molecule has 6 nitrogen and oxygen atoms in total. The zero-order valence-electron chi connectivity index (χ0n) is 13.5. The Balaban J connectivity index is 1.64. The lowest BCUT2D eigenvalue weighted by Gasteiger charge is -2.02. The van der Waals surface area contributed by atoms with Gasteiger partial charge in [0.2, 0.25) is 5.89 Å². The minimum Gasteiger partial charge on any atom is -0.351 e. The molecule has 0 unspecified atom stereocenters. The van der Waals surface area contributed by atoms with Gasteiger partial charge in [-0.3, -0.25) is 4.79 Å². The summed E-state index contributed by atoms with van der Waals surface area (Å²) in [6, 6.07) is 7.85. The van der Waals surface area contributed by atoms with E-state index in [1.807, 2.05) is 55.9 Å². The average Bonchev–Trinajstić information content (AvgIpc) is 3.13. The quantitative estimate of drug-likeness (QED) is 0.786. The summed E-state index contributed by atoms with van der Waals surface area (Å²) in [5.41, 5.74) is 1.72. The van der Waals surface area contributed by atoms with Crippen molar-refractivity contribution in [2.24, 2.45) is 7.05 Å². The molecule has 0 aliphatic rings. The number of nitrogens with zero attached hydrogens (tertiary/aromatic N) is 3. The van der Waals surface area contributed by atoms with Crippen molar-refractivity contribution >= 4 is 16.8 Å². The van der Waals surface area contributed by atoms with Crippen molar-refractivity contribution in [2.75, 3.05) is 6.54 Å². The minimum absolute atomic E-state index is 0.0922. The molecule has 0 aliphatic carbocycles. The molecular weight excluding hydrogens is 292 g/mol. The number of amides is 1. The third-order valence-corrected chi connectivity index (χ3v) is 3.77. The normalized spacial score (nSPS) is 11.3. The molecule has 3 aromatic rings. The summed E-state index contributed by atoms with van der Waals surface area (Å²) in [5, 5.41) is 7.78. The molecule has 6 heteroatoms. The Morgan fingerprint density at radius 2 is 2.13 bits per heavy atom. The zero-order valence-corrected chi connectivity index (χ0v) is 13.5. The fourth-order valence-corrected chi connectivity index (χ4v) is 2.50. The van der Waals surface area contributed by atoms with E-state index in [9.17, 15) is 4.79 Å². The average molecular weight is 312 g/mol. The molecule has 23 heavy (non-hydrogen) atoms. The van der Waals surface area contributed by atoms with E-state index in [0.29, 0.717) is 30.2 Å². The Hall–Kier alpha value is -2.63. The molecule has 0 atom stereocenters. The Kier molecular flexibility index (Phi) is 4.14. The highest BCUT2D eigenvalue weighted by Crippen LogP contribution is 2.20. The van der Waals surface area contributed by atoms with Crippen LogP contribution >= 0.6 is 0 Å². The smallest absolute Gasteiger partial charge is 0.253 e. The van der Waals surface area contributed by atoms with Gasteiger partial charge in [0.15, 0.2) is 5.82 Å². The molecule has 0 bridgehead atoms. The molecule has 1 N–H and O–H groups in total. The Morgan fingerprint density at radius 3 is 2.87 bits per heavy atom. The van der Waals surface area contributed by atoms with Gasteiger partial charge in [0.25, 0.3) is 5.91 Å². The van der Waals surface area contributed by atoms with Crippen LogP contribution in [0.3, 0.4) is 0 Å². The van der Waals surface area contributed by atoms with Gasteiger partial charge >= 0.3 is 0 Å². The second kappa shape index (κ2) is 6.24. The summed E-state index contributed by atoms with van der Waals surface area (Å²) in [5.74, 6) is 1.38. The predicted molar refractivity (Wildman–Crippen MR) is 87.3 cm³/mol. The number of benzene rings is 1. The van der Waals surface area contributed by atoms with E-state index in [0.717, 1.165) is 10.9 Å². The number of hydrogen-bond donors (Lipinski definition) is 1. The molecule has 2 aromatic heterocycles. The van der Waals surface area contributed by atoms with Crippen LogP contribution in [0.2, 0.25) is 0 Å². The lowest BCUT2D eigenvalue weighted by molar-refractivity contribution is 0.0955. The molecule has 120 valence electrons. The van der Waals surface area contributed by atoms with Crippen molar-refractivity contribution in [3.8, 4) is 0 Å². The summed E-state index contributed by atoms with van der Waals surface area (Å²) < 4.78 is 7.13. The summed E-state index contributed by atoms with van der Waals surface area (Å²) in [6.07, 6.45) is 2.37. The first-order chi connectivity index (χ1) is 11.1. The number of aryl methyl sites for hydroxylation is 1. The van der Waals surface area contributed by atoms with Crippen LogP contribution in [0.5, 0.6) is 0 Å². The van der Waals surface area contributed by atoms with E-state index < -0.39 is 0 Å². The third-order valence-electron chi connectivity index (χ3n) is 3.77. The summed E-state index contributed by atoms with van der Waals surface area (Å²) >= 11 is 0. The number of nitrogens with one attached hydrogen (secondary N) is 1. The second-order valence-corrected chi connectivity index (χ2v) is 5.88. The Labute approximate surface area is 134 Å². The standard InChI is InChI=1S/C17H20N4O2/c1-11(2)16-19-15(23-20-16)8-9-18-17(22)13-10-21(3)14-7-5-4-6-12(13)14/h4-7,10-11H,8-9H2,1-3H3,(H,18,22). The van der Waals surface area contributed by atoms with Crippen LogP contribution in [-0.2, 0) is 13.5 Å². The lowest BCUT2D eigenvalue weighted by atomic mass is 10.1. The van der Waals surface area contributed by atoms with E-state index in [1.165, 1.54) is 0 Å². The fraction of sp³-hybridized carbons (Fsp3) is 0.353. The van der Waals surface area contributed by atoms with Crippen LogP contribution in [-0.4, -0.2) is 27.2 Å². The van der Waals surface area contributed by atoms with Gasteiger partial charge in [-0.05, 0) is 6.07 Å². The fourth-order valence-electron chi connectivity index (χ4n) is 2.50. The van der Waals surface area contributed by atoms with Crippen LogP contribution in [0, 0.1) is 0 Å². The van der Waals surface area contributed by atoms with Crippen molar-refractivity contribution in [1.82, 2.24) is 20.0 Å². The first-order valence-corrected chi connectivity index (χ1v) is 7.71. The van der Waals surface area contributed by atoms with E-state index in [1.54, 1.807) is 0 Å². The highest BCUT2D eigenvalue weighted by atomic mass is 16.5. The van der Waals surface area contributed by atoms with Gasteiger partial charge in [-0.15, -0.1) is 0 Å². The highest BCUT2D eigenvalue weighted by Gasteiger charge is 2.14. The zero-order chi connectivity index (χ0) is 16.4. The van der Waals surface area contributed by atoms with E-state index >= 15 is 0 Å². The predicted octanol–water partition coefficient (Wildman–Crippen LogP) is 2.66. The number of aromatic nitrogens is 3. The number of rotatable bonds is 5. The van der Waals surface area contributed by atoms with Crippen LogP contribution in [0.4, 0.5) is 0 Å². The number of para-hydroxylation sites is 1. The lowest BCUT2D eigenvalue weighted by Crippen LogP contribution is -2.25. The molecule has 1 amide bonds. The van der Waals surface area contributed by atoms with Crippen molar-refractivity contribution in [2.45, 2.75) is 26.2 Å². The summed E-state index contributed by atoms with van der Waals surface area (Å²) in [7, 11) is 1.94. The molecule has 0 saturated heterocycles. The Morgan fingerprint density at radius 1 is 1.35 bits per heavy atom. The molecule has 0 spiro atoms. The molecule has 0 radical (unpaired) electrons. The van der Waals surface area contributed by atoms with Gasteiger partial charge in [0.05, 0.1) is 5.56 Å². The first-order valence-electron chi connectivity index (χ1n) is 7.71. The Bertz CT molecular complexity index is 832. The van der Waals surface area contributed by atoms with Crippen LogP contribution < -0.4 is 5.32 Å². The van der Waals surface area contributed by atoms with E-state index in [-0.39, 0.29) is 11.8 Å². The molecule has 3 rings (SSSR count). The van der Waals surface area contributed by atoms with Crippen molar-refractivity contribution in [3.63, 3.8) is 0 Å². The van der Waals surface area contributed by atoms with E-state index in [2.05, 4.69) is 15.5 Å². The minimum atomic E-state index is -0.0922. The largest absolute Gasteiger partial charge is 0.351 e. The maximum absolute atomic E-state index is 12.4. The van der Waals surface area contributed by atoms with Gasteiger partial charge in [-0.25, -0.2) is 0 Å². The number of fused-ring (bicyclic) bond motifs is 1. The van der Waals surface area contributed by atoms with Gasteiger partial charge in [-0.2, -0.15) is 4.98 Å². The monoisotopic (exact) mass is 312 g/mol. The van der Waals surface area contributed by atoms with Gasteiger partial charge in [0, 0.05) is 43.0 Å². The maximum Gasteiger partial charge on any atom is 0.253 e. The van der Waals surface area contributed by atoms with Crippen LogP contribution in [0.15, 0.2) is 35.0 Å². The summed E-state index contributed by atoms with van der Waals surface area (Å²) in [6.45, 7) is 4.48. The topological polar surface area (TPSA) is 73.0 Å². The third kappa shape index (κ3) is 3.11. The van der Waals surface area contributed by atoms with Gasteiger partial charge < -0.3 is 14.4 Å². The SMILES string of the molecule is CC(C)c1noc(CCNC(=O)c2cn(C)c3ccccc23)n1. The molecule has 2 heterocycles. The van der Waals surface area contributed by atoms with Gasteiger partial charge in [0.1, 0.15) is 0 Å². The summed E-state index contributed by atoms with van der Waals surface area (Å²) in [4.78, 5) is 16.7. The van der Waals surface area contributed by atoms with E-state index in [4.69, 9.17) is 4.52 Å². The number of carbonyl (C=O) groups is 1. The highest BCUT2D eigenvalue weighted by molar-refractivity contribution is 6.06. The van der Waals surface area contributed by atoms with Gasteiger partial charge in [-0.1, -0.05) is 37.2 Å². The number of hydrogen-bond acceptors (Lipinski definition) is 4.